The number of aryl methyl sites for hydroxylation is 1. The standard InChI is InChI=1S/C30H36N2O2.ClH/c1-31(2)17-18-32(3)30(33)20-24-11-14-28-21-29(16-15-27(28)19-24)34-22-23-9-12-26(13-10-23)25-7-5-4-6-8-25;/h4-10,12-13,15-16,21,24H,11,14,17-20,22H2,1-3H3;1H. The van der Waals surface area contributed by atoms with E-state index < -0.39 is 0 Å². The molecular formula is C30H37ClN2O2. The van der Waals surface area contributed by atoms with Gasteiger partial charge in [0.15, 0.2) is 0 Å². The normalized spacial score (nSPS) is 14.7. The number of amides is 1. The molecule has 4 nitrogen and oxygen atoms in total. The number of hydrogen-bond acceptors (Lipinski definition) is 3. The Hall–Kier alpha value is -2.82. The fraction of sp³-hybridized carbons (Fsp3) is 0.367. The van der Waals surface area contributed by atoms with E-state index in [2.05, 4.69) is 71.6 Å². The Morgan fingerprint density at radius 2 is 1.60 bits per heavy atom. The van der Waals surface area contributed by atoms with E-state index in [1.165, 1.54) is 22.3 Å². The maximum atomic E-state index is 12.6. The largest absolute Gasteiger partial charge is 0.489 e. The van der Waals surface area contributed by atoms with Crippen molar-refractivity contribution in [1.82, 2.24) is 9.80 Å². The summed E-state index contributed by atoms with van der Waals surface area (Å²) in [5, 5.41) is 0. The zero-order valence-electron chi connectivity index (χ0n) is 21.1. The van der Waals surface area contributed by atoms with Gasteiger partial charge in [0.2, 0.25) is 5.91 Å². The second kappa shape index (κ2) is 12.8. The summed E-state index contributed by atoms with van der Waals surface area (Å²) >= 11 is 0. The Bertz CT molecular complexity index is 1080. The summed E-state index contributed by atoms with van der Waals surface area (Å²) in [6.07, 6.45) is 3.69. The SMILES string of the molecule is CN(C)CCN(C)C(=O)CC1CCc2cc(OCc3ccc(-c4ccccc4)cc3)ccc2C1.Cl. The second-order valence-corrected chi connectivity index (χ2v) is 9.71. The maximum absolute atomic E-state index is 12.6. The van der Waals surface area contributed by atoms with Gasteiger partial charge in [0.05, 0.1) is 0 Å². The quantitative estimate of drug-likeness (QED) is 0.374. The molecule has 0 radical (unpaired) electrons. The molecule has 0 heterocycles. The van der Waals surface area contributed by atoms with Crippen molar-refractivity contribution in [2.24, 2.45) is 5.92 Å². The van der Waals surface area contributed by atoms with Crippen LogP contribution in [0, 0.1) is 5.92 Å². The highest BCUT2D eigenvalue weighted by Gasteiger charge is 2.23. The number of halogens is 1. The number of fused-ring (bicyclic) bond motifs is 1. The summed E-state index contributed by atoms with van der Waals surface area (Å²) in [6, 6.07) is 25.5. The number of ether oxygens (including phenoxy) is 1. The number of rotatable bonds is 9. The summed E-state index contributed by atoms with van der Waals surface area (Å²) in [6.45, 7) is 2.24. The fourth-order valence-electron chi connectivity index (χ4n) is 4.54. The van der Waals surface area contributed by atoms with Crippen LogP contribution in [0.15, 0.2) is 72.8 Å². The van der Waals surface area contributed by atoms with Gasteiger partial charge in [-0.1, -0.05) is 60.7 Å². The Balaban J connectivity index is 0.00000342. The Morgan fingerprint density at radius 3 is 2.31 bits per heavy atom. The smallest absolute Gasteiger partial charge is 0.222 e. The minimum absolute atomic E-state index is 0. The van der Waals surface area contributed by atoms with Crippen molar-refractivity contribution in [3.63, 3.8) is 0 Å². The first-order chi connectivity index (χ1) is 16.5. The van der Waals surface area contributed by atoms with Crippen LogP contribution in [0.4, 0.5) is 0 Å². The molecule has 0 saturated heterocycles. The third-order valence-corrected chi connectivity index (χ3v) is 6.75. The van der Waals surface area contributed by atoms with Crippen LogP contribution in [-0.4, -0.2) is 49.9 Å². The number of benzene rings is 3. The molecule has 0 bridgehead atoms. The van der Waals surface area contributed by atoms with Crippen LogP contribution in [-0.2, 0) is 24.2 Å². The van der Waals surface area contributed by atoms with Gasteiger partial charge in [-0.25, -0.2) is 0 Å². The number of nitrogens with zero attached hydrogens (tertiary/aromatic N) is 2. The van der Waals surface area contributed by atoms with Crippen LogP contribution < -0.4 is 4.74 Å². The molecule has 0 fully saturated rings. The second-order valence-electron chi connectivity index (χ2n) is 9.71. The van der Waals surface area contributed by atoms with E-state index in [9.17, 15) is 4.79 Å². The van der Waals surface area contributed by atoms with Crippen LogP contribution in [0.3, 0.4) is 0 Å². The van der Waals surface area contributed by atoms with Gasteiger partial charge in [0.25, 0.3) is 0 Å². The number of hydrogen-bond donors (Lipinski definition) is 0. The average Bonchev–Trinajstić information content (AvgIpc) is 2.86. The van der Waals surface area contributed by atoms with Gasteiger partial charge in [0, 0.05) is 26.6 Å². The fourth-order valence-corrected chi connectivity index (χ4v) is 4.54. The molecule has 0 saturated carbocycles. The molecule has 4 rings (SSSR count). The van der Waals surface area contributed by atoms with Gasteiger partial charge in [-0.3, -0.25) is 4.79 Å². The van der Waals surface area contributed by atoms with E-state index in [1.807, 2.05) is 32.1 Å². The van der Waals surface area contributed by atoms with E-state index in [0.717, 1.165) is 43.7 Å². The zero-order chi connectivity index (χ0) is 23.9. The van der Waals surface area contributed by atoms with Crippen molar-refractivity contribution in [3.8, 4) is 16.9 Å². The molecule has 1 aliphatic rings. The highest BCUT2D eigenvalue weighted by atomic mass is 35.5. The third-order valence-electron chi connectivity index (χ3n) is 6.75. The molecule has 0 aliphatic heterocycles. The van der Waals surface area contributed by atoms with Crippen LogP contribution >= 0.6 is 12.4 Å². The van der Waals surface area contributed by atoms with E-state index in [0.29, 0.717) is 18.9 Å². The lowest BCUT2D eigenvalue weighted by Crippen LogP contribution is -2.35. The van der Waals surface area contributed by atoms with E-state index in [-0.39, 0.29) is 18.3 Å². The minimum Gasteiger partial charge on any atom is -0.489 e. The Kier molecular flexibility index (Phi) is 9.76. The van der Waals surface area contributed by atoms with Gasteiger partial charge in [-0.15, -0.1) is 12.4 Å². The first-order valence-corrected chi connectivity index (χ1v) is 12.3. The lowest BCUT2D eigenvalue weighted by Gasteiger charge is -2.27. The average molecular weight is 493 g/mol. The topological polar surface area (TPSA) is 32.8 Å². The van der Waals surface area contributed by atoms with Crippen molar-refractivity contribution in [3.05, 3.63) is 89.5 Å². The molecule has 0 N–H and O–H groups in total. The summed E-state index contributed by atoms with van der Waals surface area (Å²) < 4.78 is 6.11. The number of likely N-dealkylation sites (N-methyl/N-ethyl adjacent to an activating group) is 2. The van der Waals surface area contributed by atoms with Gasteiger partial charge in [0.1, 0.15) is 12.4 Å². The molecule has 35 heavy (non-hydrogen) atoms. The lowest BCUT2D eigenvalue weighted by molar-refractivity contribution is -0.131. The lowest BCUT2D eigenvalue weighted by atomic mass is 9.82. The molecule has 5 heteroatoms. The van der Waals surface area contributed by atoms with E-state index >= 15 is 0 Å². The van der Waals surface area contributed by atoms with Crippen LogP contribution in [0.1, 0.15) is 29.5 Å². The molecular weight excluding hydrogens is 456 g/mol. The molecule has 0 spiro atoms. The monoisotopic (exact) mass is 492 g/mol. The summed E-state index contributed by atoms with van der Waals surface area (Å²) in [5.74, 6) is 1.61. The van der Waals surface area contributed by atoms with Crippen molar-refractivity contribution >= 4 is 18.3 Å². The van der Waals surface area contributed by atoms with Gasteiger partial charge >= 0.3 is 0 Å². The van der Waals surface area contributed by atoms with Gasteiger partial charge in [-0.2, -0.15) is 0 Å². The van der Waals surface area contributed by atoms with Crippen LogP contribution in [0.25, 0.3) is 11.1 Å². The van der Waals surface area contributed by atoms with E-state index in [1.54, 1.807) is 0 Å². The highest BCUT2D eigenvalue weighted by Crippen LogP contribution is 2.31. The Labute approximate surface area is 216 Å². The van der Waals surface area contributed by atoms with Crippen molar-refractivity contribution in [1.29, 1.82) is 0 Å². The highest BCUT2D eigenvalue weighted by molar-refractivity contribution is 5.85. The molecule has 0 aromatic heterocycles. The molecule has 3 aromatic carbocycles. The van der Waals surface area contributed by atoms with E-state index in [4.69, 9.17) is 4.74 Å². The first kappa shape index (κ1) is 26.8. The summed E-state index contributed by atoms with van der Waals surface area (Å²) in [5.41, 5.74) is 6.33. The Morgan fingerprint density at radius 1 is 0.886 bits per heavy atom. The van der Waals surface area contributed by atoms with Crippen LogP contribution in [0.2, 0.25) is 0 Å². The number of carbonyl (C=O) groups is 1. The molecule has 1 aliphatic carbocycles. The van der Waals surface area contributed by atoms with Gasteiger partial charge in [-0.05, 0) is 79.2 Å². The van der Waals surface area contributed by atoms with Crippen molar-refractivity contribution < 1.29 is 9.53 Å². The molecule has 1 amide bonds. The summed E-state index contributed by atoms with van der Waals surface area (Å²) in [7, 11) is 5.99. The van der Waals surface area contributed by atoms with Crippen molar-refractivity contribution in [2.75, 3.05) is 34.2 Å². The first-order valence-electron chi connectivity index (χ1n) is 12.3. The summed E-state index contributed by atoms with van der Waals surface area (Å²) in [4.78, 5) is 16.6. The van der Waals surface area contributed by atoms with Crippen LogP contribution in [0.5, 0.6) is 5.75 Å². The molecule has 3 aromatic rings. The number of carbonyl (C=O) groups excluding carboxylic acids is 1. The maximum Gasteiger partial charge on any atom is 0.222 e. The molecule has 1 unspecified atom stereocenters. The van der Waals surface area contributed by atoms with Crippen molar-refractivity contribution in [2.45, 2.75) is 32.3 Å². The molecule has 1 atom stereocenters. The molecule has 186 valence electrons. The zero-order valence-corrected chi connectivity index (χ0v) is 21.9. The predicted molar refractivity (Wildman–Crippen MR) is 146 cm³/mol. The van der Waals surface area contributed by atoms with Gasteiger partial charge < -0.3 is 14.5 Å². The third kappa shape index (κ3) is 7.58. The predicted octanol–water partition coefficient (Wildman–Crippen LogP) is 5.87. The minimum atomic E-state index is 0.